The van der Waals surface area contributed by atoms with Crippen LogP contribution in [0, 0.1) is 0 Å². The van der Waals surface area contributed by atoms with E-state index in [4.69, 9.17) is 0 Å². The highest BCUT2D eigenvalue weighted by Gasteiger charge is 2.34. The number of piperazine rings is 1. The van der Waals surface area contributed by atoms with Crippen LogP contribution >= 0.6 is 0 Å². The molecule has 0 bridgehead atoms. The summed E-state index contributed by atoms with van der Waals surface area (Å²) in [4.78, 5) is 17.2. The van der Waals surface area contributed by atoms with E-state index in [0.717, 1.165) is 24.5 Å². The summed E-state index contributed by atoms with van der Waals surface area (Å²) >= 11 is 0. The van der Waals surface area contributed by atoms with Crippen LogP contribution in [-0.2, 0) is 6.54 Å². The van der Waals surface area contributed by atoms with Crippen molar-refractivity contribution in [2.45, 2.75) is 69.5 Å². The van der Waals surface area contributed by atoms with Gasteiger partial charge in [0, 0.05) is 81.8 Å². The molecule has 142 valence electrons. The molecule has 2 saturated heterocycles. The minimum Gasteiger partial charge on any atom is -0.298 e. The third kappa shape index (κ3) is 3.80. The molecule has 0 radical (unpaired) electrons. The van der Waals surface area contributed by atoms with Crippen LogP contribution in [0.3, 0.4) is 0 Å². The van der Waals surface area contributed by atoms with E-state index >= 15 is 0 Å². The molecule has 2 saturated carbocycles. The van der Waals surface area contributed by atoms with Gasteiger partial charge < -0.3 is 0 Å². The van der Waals surface area contributed by atoms with Crippen LogP contribution in [-0.4, -0.2) is 76.0 Å². The minimum atomic E-state index is 0.657. The lowest BCUT2D eigenvalue weighted by atomic mass is 9.93. The van der Waals surface area contributed by atoms with Crippen LogP contribution in [0.15, 0.2) is 12.4 Å². The Bertz CT molecular complexity index is 579. The van der Waals surface area contributed by atoms with Gasteiger partial charge in [-0.2, -0.15) is 0 Å². The molecular weight excluding hydrogens is 322 g/mol. The largest absolute Gasteiger partial charge is 0.298 e. The molecule has 2 aliphatic heterocycles. The van der Waals surface area contributed by atoms with Crippen molar-refractivity contribution < 1.29 is 0 Å². The fourth-order valence-corrected chi connectivity index (χ4v) is 5.07. The van der Waals surface area contributed by atoms with Crippen molar-refractivity contribution in [2.75, 3.05) is 39.3 Å². The summed E-state index contributed by atoms with van der Waals surface area (Å²) in [6, 6.07) is 1.66. The number of aromatic nitrogens is 2. The average molecular weight is 356 g/mol. The molecule has 3 heterocycles. The number of likely N-dealkylation sites (tertiary alicyclic amines) is 1. The smallest absolute Gasteiger partial charge is 0.131 e. The molecule has 26 heavy (non-hydrogen) atoms. The van der Waals surface area contributed by atoms with Gasteiger partial charge in [-0.3, -0.25) is 14.7 Å². The Labute approximate surface area is 157 Å². The molecule has 0 aromatic carbocycles. The number of hydrogen-bond donors (Lipinski definition) is 0. The van der Waals surface area contributed by atoms with E-state index in [9.17, 15) is 0 Å². The highest BCUT2D eigenvalue weighted by atomic mass is 15.4. The molecular formula is C21H33N5. The van der Waals surface area contributed by atoms with Gasteiger partial charge in [0.2, 0.25) is 0 Å². The maximum atomic E-state index is 4.56. The number of nitrogens with zero attached hydrogens (tertiary/aromatic N) is 5. The molecule has 4 aliphatic rings. The highest BCUT2D eigenvalue weighted by Crippen LogP contribution is 2.37. The van der Waals surface area contributed by atoms with Gasteiger partial charge in [0.25, 0.3) is 0 Å². The van der Waals surface area contributed by atoms with Gasteiger partial charge in [-0.15, -0.1) is 0 Å². The third-order valence-corrected chi connectivity index (χ3v) is 6.97. The standard InChI is InChI=1S/C21H33N5/c1-2-4-19(5-3-1)25-8-10-26(11-9-25)20-15-24(16-20)14-17-12-22-21(23-13-17)18-6-7-18/h12-13,18-20H,1-11,14-16H2. The van der Waals surface area contributed by atoms with Gasteiger partial charge in [-0.1, -0.05) is 19.3 Å². The van der Waals surface area contributed by atoms with E-state index in [-0.39, 0.29) is 0 Å². The van der Waals surface area contributed by atoms with Gasteiger partial charge in [0.1, 0.15) is 5.82 Å². The quantitative estimate of drug-likeness (QED) is 0.811. The van der Waals surface area contributed by atoms with Crippen molar-refractivity contribution in [3.63, 3.8) is 0 Å². The first-order valence-electron chi connectivity index (χ1n) is 10.9. The van der Waals surface area contributed by atoms with Crippen molar-refractivity contribution in [1.29, 1.82) is 0 Å². The first-order chi connectivity index (χ1) is 12.8. The Morgan fingerprint density at radius 2 is 1.38 bits per heavy atom. The molecule has 5 nitrogen and oxygen atoms in total. The maximum Gasteiger partial charge on any atom is 0.131 e. The van der Waals surface area contributed by atoms with Crippen molar-refractivity contribution >= 4 is 0 Å². The van der Waals surface area contributed by atoms with E-state index in [1.807, 2.05) is 0 Å². The lowest BCUT2D eigenvalue weighted by Crippen LogP contribution is -2.63. The summed E-state index contributed by atoms with van der Waals surface area (Å²) in [6.45, 7) is 8.57. The second-order valence-corrected chi connectivity index (χ2v) is 8.94. The molecule has 1 aromatic rings. The van der Waals surface area contributed by atoms with Gasteiger partial charge in [-0.05, 0) is 25.7 Å². The SMILES string of the molecule is c1nc(C2CC2)ncc1CN1CC(N2CCN(C3CCCCC3)CC2)C1. The van der Waals surface area contributed by atoms with Gasteiger partial charge in [-0.25, -0.2) is 9.97 Å². The number of hydrogen-bond acceptors (Lipinski definition) is 5. The first kappa shape index (κ1) is 17.1. The van der Waals surface area contributed by atoms with Gasteiger partial charge >= 0.3 is 0 Å². The third-order valence-electron chi connectivity index (χ3n) is 6.97. The van der Waals surface area contributed by atoms with E-state index in [1.165, 1.54) is 89.8 Å². The summed E-state index contributed by atoms with van der Waals surface area (Å²) in [5.41, 5.74) is 1.27. The Balaban J connectivity index is 1.04. The molecule has 0 atom stereocenters. The molecule has 0 spiro atoms. The van der Waals surface area contributed by atoms with Crippen LogP contribution in [0.4, 0.5) is 0 Å². The minimum absolute atomic E-state index is 0.657. The zero-order chi connectivity index (χ0) is 17.3. The topological polar surface area (TPSA) is 35.5 Å². The van der Waals surface area contributed by atoms with E-state index in [0.29, 0.717) is 5.92 Å². The van der Waals surface area contributed by atoms with Crippen molar-refractivity contribution in [3.05, 3.63) is 23.8 Å². The lowest BCUT2D eigenvalue weighted by Gasteiger charge is -2.49. The first-order valence-corrected chi connectivity index (χ1v) is 10.9. The Hall–Kier alpha value is -1.04. The molecule has 1 aromatic heterocycles. The number of rotatable bonds is 5. The predicted molar refractivity (Wildman–Crippen MR) is 103 cm³/mol. The van der Waals surface area contributed by atoms with Crippen molar-refractivity contribution in [3.8, 4) is 0 Å². The van der Waals surface area contributed by atoms with Crippen molar-refractivity contribution in [2.24, 2.45) is 0 Å². The van der Waals surface area contributed by atoms with Crippen LogP contribution in [0.25, 0.3) is 0 Å². The maximum absolute atomic E-state index is 4.56. The van der Waals surface area contributed by atoms with E-state index in [1.54, 1.807) is 0 Å². The second-order valence-electron chi connectivity index (χ2n) is 8.94. The second kappa shape index (κ2) is 7.53. The van der Waals surface area contributed by atoms with Crippen LogP contribution < -0.4 is 0 Å². The molecule has 0 unspecified atom stereocenters. The Morgan fingerprint density at radius 1 is 0.769 bits per heavy atom. The predicted octanol–water partition coefficient (Wildman–Crippen LogP) is 2.49. The van der Waals surface area contributed by atoms with E-state index < -0.39 is 0 Å². The van der Waals surface area contributed by atoms with Crippen LogP contribution in [0.2, 0.25) is 0 Å². The average Bonchev–Trinajstić information content (AvgIpc) is 3.51. The van der Waals surface area contributed by atoms with Crippen LogP contribution in [0.1, 0.15) is 62.3 Å². The Morgan fingerprint density at radius 3 is 2.00 bits per heavy atom. The fourth-order valence-electron chi connectivity index (χ4n) is 5.07. The molecule has 5 heteroatoms. The summed E-state index contributed by atoms with van der Waals surface area (Å²) < 4.78 is 0. The molecule has 5 rings (SSSR count). The zero-order valence-corrected chi connectivity index (χ0v) is 16.0. The lowest BCUT2D eigenvalue weighted by molar-refractivity contribution is -0.0105. The van der Waals surface area contributed by atoms with Crippen molar-refractivity contribution in [1.82, 2.24) is 24.7 Å². The zero-order valence-electron chi connectivity index (χ0n) is 16.0. The van der Waals surface area contributed by atoms with E-state index in [2.05, 4.69) is 37.1 Å². The fraction of sp³-hybridized carbons (Fsp3) is 0.810. The summed E-state index contributed by atoms with van der Waals surface area (Å²) in [6.07, 6.45) is 13.9. The molecule has 2 aliphatic carbocycles. The Kier molecular flexibility index (Phi) is 4.95. The monoisotopic (exact) mass is 355 g/mol. The molecule has 0 N–H and O–H groups in total. The van der Waals surface area contributed by atoms with Gasteiger partial charge in [0.15, 0.2) is 0 Å². The highest BCUT2D eigenvalue weighted by molar-refractivity contribution is 5.11. The summed E-state index contributed by atoms with van der Waals surface area (Å²) in [5.74, 6) is 1.72. The summed E-state index contributed by atoms with van der Waals surface area (Å²) in [5, 5.41) is 0. The summed E-state index contributed by atoms with van der Waals surface area (Å²) in [7, 11) is 0. The molecule has 4 fully saturated rings. The normalized spacial score (nSPS) is 27.5. The van der Waals surface area contributed by atoms with Gasteiger partial charge in [0.05, 0.1) is 0 Å². The molecule has 0 amide bonds. The van der Waals surface area contributed by atoms with Crippen LogP contribution in [0.5, 0.6) is 0 Å².